The summed E-state index contributed by atoms with van der Waals surface area (Å²) in [4.78, 5) is 24.7. The maximum atomic E-state index is 11.7. The Balaban J connectivity index is 2.34. The molecule has 0 bridgehead atoms. The number of amides is 1. The number of esters is 1. The van der Waals surface area contributed by atoms with Crippen LogP contribution in [0.5, 0.6) is 0 Å². The third-order valence-electron chi connectivity index (χ3n) is 2.37. The molecule has 0 aliphatic rings. The van der Waals surface area contributed by atoms with E-state index in [9.17, 15) is 9.59 Å². The minimum atomic E-state index is -0.536. The summed E-state index contributed by atoms with van der Waals surface area (Å²) >= 11 is 0. The molecule has 0 unspecified atom stereocenters. The number of carbonyl (C=O) groups is 2. The van der Waals surface area contributed by atoms with Crippen LogP contribution in [0.3, 0.4) is 0 Å². The molecule has 1 amide bonds. The van der Waals surface area contributed by atoms with E-state index in [-0.39, 0.29) is 13.2 Å². The summed E-state index contributed by atoms with van der Waals surface area (Å²) in [7, 11) is 1.60. The van der Waals surface area contributed by atoms with Gasteiger partial charge in [-0.2, -0.15) is 0 Å². The van der Waals surface area contributed by atoms with Crippen molar-refractivity contribution in [2.75, 3.05) is 20.2 Å². The van der Waals surface area contributed by atoms with E-state index < -0.39 is 17.7 Å². The highest BCUT2D eigenvalue weighted by molar-refractivity contribution is 5.89. The van der Waals surface area contributed by atoms with Gasteiger partial charge in [-0.05, 0) is 32.9 Å². The van der Waals surface area contributed by atoms with Gasteiger partial charge in [-0.15, -0.1) is 0 Å². The summed E-state index contributed by atoms with van der Waals surface area (Å²) in [5.74, 6) is -0.400. The second-order valence-corrected chi connectivity index (χ2v) is 5.40. The lowest BCUT2D eigenvalue weighted by atomic mass is 10.2. The molecule has 5 nitrogen and oxygen atoms in total. The predicted molar refractivity (Wildman–Crippen MR) is 75.6 cm³/mol. The van der Waals surface area contributed by atoms with Crippen molar-refractivity contribution < 1.29 is 19.1 Å². The van der Waals surface area contributed by atoms with Crippen molar-refractivity contribution in [2.24, 2.45) is 0 Å². The molecule has 0 aliphatic carbocycles. The largest absolute Gasteiger partial charge is 0.460 e. The molecule has 0 N–H and O–H groups in total. The van der Waals surface area contributed by atoms with Crippen LogP contribution in [0.1, 0.15) is 31.1 Å². The minimum absolute atomic E-state index is 0.128. The molecule has 20 heavy (non-hydrogen) atoms. The summed E-state index contributed by atoms with van der Waals surface area (Å²) in [6.07, 6.45) is -0.437. The zero-order valence-electron chi connectivity index (χ0n) is 12.4. The SMILES string of the molecule is CN(CCOC(=O)c1ccccc1)C(=O)OC(C)(C)C. The van der Waals surface area contributed by atoms with Gasteiger partial charge in [0.1, 0.15) is 12.2 Å². The number of benzene rings is 1. The molecule has 5 heteroatoms. The van der Waals surface area contributed by atoms with E-state index in [2.05, 4.69) is 0 Å². The molecule has 0 aromatic heterocycles. The Labute approximate surface area is 119 Å². The summed E-state index contributed by atoms with van der Waals surface area (Å²) in [6.45, 7) is 5.81. The van der Waals surface area contributed by atoms with Crippen molar-refractivity contribution in [3.63, 3.8) is 0 Å². The van der Waals surface area contributed by atoms with Gasteiger partial charge in [-0.3, -0.25) is 0 Å². The smallest absolute Gasteiger partial charge is 0.410 e. The van der Waals surface area contributed by atoms with Crippen LogP contribution < -0.4 is 0 Å². The Bertz CT molecular complexity index is 451. The first kappa shape index (κ1) is 16.0. The fourth-order valence-corrected chi connectivity index (χ4v) is 1.36. The van der Waals surface area contributed by atoms with Crippen molar-refractivity contribution >= 4 is 12.1 Å². The Kier molecular flexibility index (Phi) is 5.55. The number of carbonyl (C=O) groups excluding carboxylic acids is 2. The number of hydrogen-bond acceptors (Lipinski definition) is 4. The Morgan fingerprint density at radius 1 is 1.15 bits per heavy atom. The molecule has 0 fully saturated rings. The second-order valence-electron chi connectivity index (χ2n) is 5.40. The zero-order valence-corrected chi connectivity index (χ0v) is 12.4. The Hall–Kier alpha value is -2.04. The van der Waals surface area contributed by atoms with E-state index in [1.165, 1.54) is 4.90 Å². The summed E-state index contributed by atoms with van der Waals surface area (Å²) < 4.78 is 10.3. The lowest BCUT2D eigenvalue weighted by Crippen LogP contribution is -2.36. The molecule has 0 saturated carbocycles. The van der Waals surface area contributed by atoms with Gasteiger partial charge in [0, 0.05) is 7.05 Å². The monoisotopic (exact) mass is 279 g/mol. The normalized spacial score (nSPS) is 10.8. The first-order chi connectivity index (χ1) is 9.29. The minimum Gasteiger partial charge on any atom is -0.460 e. The molecule has 1 aromatic carbocycles. The fourth-order valence-electron chi connectivity index (χ4n) is 1.36. The van der Waals surface area contributed by atoms with Gasteiger partial charge >= 0.3 is 12.1 Å². The van der Waals surface area contributed by atoms with Crippen molar-refractivity contribution in [1.29, 1.82) is 0 Å². The number of nitrogens with zero attached hydrogens (tertiary/aromatic N) is 1. The van der Waals surface area contributed by atoms with E-state index in [4.69, 9.17) is 9.47 Å². The molecule has 110 valence electrons. The van der Waals surface area contributed by atoms with Crippen LogP contribution in [-0.4, -0.2) is 42.8 Å². The highest BCUT2D eigenvalue weighted by Gasteiger charge is 2.19. The fraction of sp³-hybridized carbons (Fsp3) is 0.467. The Morgan fingerprint density at radius 3 is 2.30 bits per heavy atom. The highest BCUT2D eigenvalue weighted by atomic mass is 16.6. The average Bonchev–Trinajstić information content (AvgIpc) is 2.37. The highest BCUT2D eigenvalue weighted by Crippen LogP contribution is 2.09. The quantitative estimate of drug-likeness (QED) is 0.795. The van der Waals surface area contributed by atoms with Crippen LogP contribution in [0.2, 0.25) is 0 Å². The number of rotatable bonds is 4. The molecule has 0 aliphatic heterocycles. The third kappa shape index (κ3) is 5.73. The van der Waals surface area contributed by atoms with Crippen LogP contribution >= 0.6 is 0 Å². The first-order valence-electron chi connectivity index (χ1n) is 6.46. The first-order valence-corrected chi connectivity index (χ1v) is 6.46. The number of hydrogen-bond donors (Lipinski definition) is 0. The van der Waals surface area contributed by atoms with Gasteiger partial charge in [0.2, 0.25) is 0 Å². The van der Waals surface area contributed by atoms with Crippen LogP contribution in [0.15, 0.2) is 30.3 Å². The van der Waals surface area contributed by atoms with Crippen molar-refractivity contribution in [1.82, 2.24) is 4.90 Å². The summed E-state index contributed by atoms with van der Waals surface area (Å²) in [6, 6.07) is 8.72. The van der Waals surface area contributed by atoms with Crippen molar-refractivity contribution in [2.45, 2.75) is 26.4 Å². The summed E-state index contributed by atoms with van der Waals surface area (Å²) in [5, 5.41) is 0. The molecule has 0 spiro atoms. The molecule has 1 aromatic rings. The van der Waals surface area contributed by atoms with E-state index in [1.54, 1.807) is 52.1 Å². The van der Waals surface area contributed by atoms with E-state index >= 15 is 0 Å². The topological polar surface area (TPSA) is 55.8 Å². The molecule has 0 heterocycles. The van der Waals surface area contributed by atoms with Crippen molar-refractivity contribution in [3.05, 3.63) is 35.9 Å². The third-order valence-corrected chi connectivity index (χ3v) is 2.37. The average molecular weight is 279 g/mol. The van der Waals surface area contributed by atoms with Gasteiger partial charge in [-0.1, -0.05) is 18.2 Å². The van der Waals surface area contributed by atoms with Crippen LogP contribution in [0.25, 0.3) is 0 Å². The van der Waals surface area contributed by atoms with Gasteiger partial charge < -0.3 is 14.4 Å². The lowest BCUT2D eigenvalue weighted by Gasteiger charge is -2.24. The lowest BCUT2D eigenvalue weighted by molar-refractivity contribution is 0.0217. The van der Waals surface area contributed by atoms with Crippen LogP contribution in [0.4, 0.5) is 4.79 Å². The standard InChI is InChI=1S/C15H21NO4/c1-15(2,3)20-14(18)16(4)10-11-19-13(17)12-8-6-5-7-9-12/h5-9H,10-11H2,1-4H3. The Morgan fingerprint density at radius 2 is 1.75 bits per heavy atom. The zero-order chi connectivity index (χ0) is 15.2. The maximum absolute atomic E-state index is 11.7. The van der Waals surface area contributed by atoms with Gasteiger partial charge in [-0.25, -0.2) is 9.59 Å². The molecular formula is C15H21NO4. The molecule has 0 atom stereocenters. The van der Waals surface area contributed by atoms with E-state index in [0.717, 1.165) is 0 Å². The number of likely N-dealkylation sites (N-methyl/N-ethyl adjacent to an activating group) is 1. The molecule has 0 saturated heterocycles. The van der Waals surface area contributed by atoms with E-state index in [0.29, 0.717) is 5.56 Å². The molecule has 0 radical (unpaired) electrons. The van der Waals surface area contributed by atoms with Crippen molar-refractivity contribution in [3.8, 4) is 0 Å². The molecular weight excluding hydrogens is 258 g/mol. The van der Waals surface area contributed by atoms with Crippen LogP contribution in [-0.2, 0) is 9.47 Å². The number of ether oxygens (including phenoxy) is 2. The van der Waals surface area contributed by atoms with E-state index in [1.807, 2.05) is 6.07 Å². The second kappa shape index (κ2) is 6.93. The van der Waals surface area contributed by atoms with Gasteiger partial charge in [0.15, 0.2) is 0 Å². The van der Waals surface area contributed by atoms with Gasteiger partial charge in [0.05, 0.1) is 12.1 Å². The van der Waals surface area contributed by atoms with Crippen LogP contribution in [0, 0.1) is 0 Å². The molecule has 1 rings (SSSR count). The predicted octanol–water partition coefficient (Wildman–Crippen LogP) is 2.71. The maximum Gasteiger partial charge on any atom is 0.410 e. The summed E-state index contributed by atoms with van der Waals surface area (Å²) in [5.41, 5.74) is -0.0427. The van der Waals surface area contributed by atoms with Gasteiger partial charge in [0.25, 0.3) is 0 Å².